The summed E-state index contributed by atoms with van der Waals surface area (Å²) >= 11 is 5.94. The van der Waals surface area contributed by atoms with Gasteiger partial charge in [0.05, 0.1) is 11.6 Å². The van der Waals surface area contributed by atoms with E-state index in [-0.39, 0.29) is 12.5 Å². The van der Waals surface area contributed by atoms with Gasteiger partial charge in [-0.3, -0.25) is 4.79 Å². The number of hydrogen-bond acceptors (Lipinski definition) is 4. The molecule has 0 aliphatic heterocycles. The van der Waals surface area contributed by atoms with E-state index in [2.05, 4.69) is 25.9 Å². The first-order chi connectivity index (χ1) is 8.74. The highest BCUT2D eigenvalue weighted by Gasteiger charge is 2.27. The van der Waals surface area contributed by atoms with E-state index in [4.69, 9.17) is 11.6 Å². The van der Waals surface area contributed by atoms with Crippen LogP contribution in [-0.2, 0) is 6.54 Å². The molecule has 2 N–H and O–H groups in total. The Balaban J connectivity index is 1.71. The van der Waals surface area contributed by atoms with E-state index >= 15 is 0 Å². The summed E-state index contributed by atoms with van der Waals surface area (Å²) in [7, 11) is 0. The van der Waals surface area contributed by atoms with Gasteiger partial charge in [-0.1, -0.05) is 16.8 Å². The van der Waals surface area contributed by atoms with E-state index in [0.717, 1.165) is 12.8 Å². The average Bonchev–Trinajstić information content (AvgIpc) is 2.92. The van der Waals surface area contributed by atoms with Crippen LogP contribution in [0.25, 0.3) is 0 Å². The predicted octanol–water partition coefficient (Wildman–Crippen LogP) is 0.919. The van der Waals surface area contributed by atoms with Gasteiger partial charge in [-0.2, -0.15) is 5.21 Å². The average molecular weight is 267 g/mol. The fourth-order valence-corrected chi connectivity index (χ4v) is 2.00. The summed E-state index contributed by atoms with van der Waals surface area (Å²) < 4.78 is 1.92. The van der Waals surface area contributed by atoms with E-state index in [1.54, 1.807) is 12.3 Å². The van der Waals surface area contributed by atoms with Crippen molar-refractivity contribution in [2.24, 2.45) is 0 Å². The van der Waals surface area contributed by atoms with Gasteiger partial charge in [0.2, 0.25) is 0 Å². The number of aromatic nitrogens is 5. The molecule has 0 bridgehead atoms. The Morgan fingerprint density at radius 1 is 1.61 bits per heavy atom. The SMILES string of the molecule is O=C(NCc1nn[nH]n1)c1cc(Cl)cn1C1CC1. The van der Waals surface area contributed by atoms with Crippen LogP contribution in [0.3, 0.4) is 0 Å². The van der Waals surface area contributed by atoms with Gasteiger partial charge in [0, 0.05) is 12.2 Å². The zero-order valence-corrected chi connectivity index (χ0v) is 10.2. The smallest absolute Gasteiger partial charge is 0.268 e. The fraction of sp³-hybridized carbons (Fsp3) is 0.400. The summed E-state index contributed by atoms with van der Waals surface area (Å²) in [6, 6.07) is 2.08. The number of nitrogens with one attached hydrogen (secondary N) is 2. The highest BCUT2D eigenvalue weighted by molar-refractivity contribution is 6.31. The summed E-state index contributed by atoms with van der Waals surface area (Å²) in [5, 5.41) is 16.6. The molecule has 94 valence electrons. The molecular formula is C10H11ClN6O. The van der Waals surface area contributed by atoms with Gasteiger partial charge >= 0.3 is 0 Å². The van der Waals surface area contributed by atoms with Crippen molar-refractivity contribution in [1.29, 1.82) is 0 Å². The number of amides is 1. The molecule has 0 aromatic carbocycles. The molecule has 18 heavy (non-hydrogen) atoms. The van der Waals surface area contributed by atoms with Crippen LogP contribution in [0.15, 0.2) is 12.3 Å². The number of tetrazole rings is 1. The topological polar surface area (TPSA) is 88.5 Å². The van der Waals surface area contributed by atoms with Crippen molar-refractivity contribution in [3.8, 4) is 0 Å². The van der Waals surface area contributed by atoms with Gasteiger partial charge in [-0.05, 0) is 18.9 Å². The summed E-state index contributed by atoms with van der Waals surface area (Å²) in [4.78, 5) is 12.0. The number of carbonyl (C=O) groups excluding carboxylic acids is 1. The Morgan fingerprint density at radius 2 is 2.44 bits per heavy atom. The van der Waals surface area contributed by atoms with Crippen molar-refractivity contribution in [2.45, 2.75) is 25.4 Å². The van der Waals surface area contributed by atoms with E-state index < -0.39 is 0 Å². The zero-order chi connectivity index (χ0) is 12.5. The molecule has 0 unspecified atom stereocenters. The van der Waals surface area contributed by atoms with Gasteiger partial charge in [-0.15, -0.1) is 10.2 Å². The monoisotopic (exact) mass is 266 g/mol. The van der Waals surface area contributed by atoms with Crippen LogP contribution in [-0.4, -0.2) is 31.1 Å². The molecule has 2 aromatic heterocycles. The Hall–Kier alpha value is -1.89. The molecule has 0 radical (unpaired) electrons. The highest BCUT2D eigenvalue weighted by Crippen LogP contribution is 2.37. The molecule has 1 aliphatic rings. The Bertz CT molecular complexity index is 559. The number of rotatable bonds is 4. The second kappa shape index (κ2) is 4.41. The van der Waals surface area contributed by atoms with Crippen LogP contribution < -0.4 is 5.32 Å². The van der Waals surface area contributed by atoms with E-state index in [1.807, 2.05) is 4.57 Å². The fourth-order valence-electron chi connectivity index (χ4n) is 1.79. The number of halogens is 1. The normalized spacial score (nSPS) is 14.7. The van der Waals surface area contributed by atoms with Gasteiger partial charge in [0.1, 0.15) is 5.69 Å². The van der Waals surface area contributed by atoms with Crippen molar-refractivity contribution in [1.82, 2.24) is 30.5 Å². The summed E-state index contributed by atoms with van der Waals surface area (Å²) in [5.74, 6) is 0.262. The molecule has 0 spiro atoms. The molecule has 3 rings (SSSR count). The maximum atomic E-state index is 12.0. The highest BCUT2D eigenvalue weighted by atomic mass is 35.5. The number of hydrogen-bond donors (Lipinski definition) is 2. The van der Waals surface area contributed by atoms with Crippen LogP contribution >= 0.6 is 11.6 Å². The third-order valence-corrected chi connectivity index (χ3v) is 2.99. The Morgan fingerprint density at radius 3 is 3.11 bits per heavy atom. The first-order valence-electron chi connectivity index (χ1n) is 5.62. The lowest BCUT2D eigenvalue weighted by molar-refractivity contribution is 0.0940. The summed E-state index contributed by atoms with van der Waals surface area (Å²) in [6.07, 6.45) is 3.98. The minimum atomic E-state index is -0.182. The lowest BCUT2D eigenvalue weighted by Gasteiger charge is -2.06. The first-order valence-corrected chi connectivity index (χ1v) is 6.00. The summed E-state index contributed by atoms with van der Waals surface area (Å²) in [5.41, 5.74) is 0.575. The van der Waals surface area contributed by atoms with Crippen molar-refractivity contribution < 1.29 is 4.79 Å². The lowest BCUT2D eigenvalue weighted by atomic mass is 10.4. The third-order valence-electron chi connectivity index (χ3n) is 2.78. The molecular weight excluding hydrogens is 256 g/mol. The molecule has 1 saturated carbocycles. The molecule has 1 fully saturated rings. The maximum absolute atomic E-state index is 12.0. The minimum absolute atomic E-state index is 0.182. The van der Waals surface area contributed by atoms with Crippen LogP contribution in [0.1, 0.15) is 35.2 Å². The standard InChI is InChI=1S/C10H11ClN6O/c11-6-3-8(17(5-6)7-1-2-7)10(18)12-4-9-13-15-16-14-9/h3,5,7H,1-2,4H2,(H,12,18)(H,13,14,15,16). The number of nitrogens with zero attached hydrogens (tertiary/aromatic N) is 4. The largest absolute Gasteiger partial charge is 0.343 e. The van der Waals surface area contributed by atoms with Gasteiger partial charge < -0.3 is 9.88 Å². The van der Waals surface area contributed by atoms with Crippen LogP contribution in [0.2, 0.25) is 5.02 Å². The van der Waals surface area contributed by atoms with Crippen LogP contribution in [0.5, 0.6) is 0 Å². The predicted molar refractivity (Wildman–Crippen MR) is 63.1 cm³/mol. The second-order valence-electron chi connectivity index (χ2n) is 4.19. The molecule has 8 heteroatoms. The first kappa shape index (κ1) is 11.2. The Labute approximate surface area is 108 Å². The van der Waals surface area contributed by atoms with E-state index in [1.165, 1.54) is 0 Å². The number of aromatic amines is 1. The molecule has 1 aliphatic carbocycles. The molecule has 0 atom stereocenters. The van der Waals surface area contributed by atoms with Gasteiger partial charge in [0.25, 0.3) is 5.91 Å². The zero-order valence-electron chi connectivity index (χ0n) is 9.43. The van der Waals surface area contributed by atoms with Crippen LogP contribution in [0.4, 0.5) is 0 Å². The molecule has 0 saturated heterocycles. The second-order valence-corrected chi connectivity index (χ2v) is 4.63. The lowest BCUT2D eigenvalue weighted by Crippen LogP contribution is -2.25. The minimum Gasteiger partial charge on any atom is -0.343 e. The van der Waals surface area contributed by atoms with Crippen molar-refractivity contribution in [3.63, 3.8) is 0 Å². The molecule has 7 nitrogen and oxygen atoms in total. The molecule has 1 amide bonds. The van der Waals surface area contributed by atoms with Crippen molar-refractivity contribution >= 4 is 17.5 Å². The third kappa shape index (κ3) is 2.21. The van der Waals surface area contributed by atoms with E-state index in [0.29, 0.717) is 22.6 Å². The van der Waals surface area contributed by atoms with Crippen molar-refractivity contribution in [2.75, 3.05) is 0 Å². The Kier molecular flexibility index (Phi) is 2.75. The number of carbonyl (C=O) groups is 1. The summed E-state index contributed by atoms with van der Waals surface area (Å²) in [6.45, 7) is 0.239. The van der Waals surface area contributed by atoms with Gasteiger partial charge in [-0.25, -0.2) is 0 Å². The quantitative estimate of drug-likeness (QED) is 0.861. The molecule has 2 aromatic rings. The van der Waals surface area contributed by atoms with Crippen LogP contribution in [0, 0.1) is 0 Å². The van der Waals surface area contributed by atoms with Gasteiger partial charge in [0.15, 0.2) is 5.82 Å². The number of H-pyrrole nitrogens is 1. The maximum Gasteiger partial charge on any atom is 0.268 e. The van der Waals surface area contributed by atoms with E-state index in [9.17, 15) is 4.79 Å². The molecule has 2 heterocycles. The van der Waals surface area contributed by atoms with Crippen molar-refractivity contribution in [3.05, 3.63) is 28.8 Å².